The minimum Gasteiger partial charge on any atom is -0.511 e. The van der Waals surface area contributed by atoms with E-state index >= 15 is 0 Å². The largest absolute Gasteiger partial charge is 0.511 e. The zero-order valence-corrected chi connectivity index (χ0v) is 24.8. The van der Waals surface area contributed by atoms with E-state index in [0.29, 0.717) is 23.3 Å². The van der Waals surface area contributed by atoms with E-state index in [-0.39, 0.29) is 45.9 Å². The third-order valence-electron chi connectivity index (χ3n) is 8.82. The number of carbonyl (C=O) groups is 1. The third kappa shape index (κ3) is 4.98. The molecule has 3 N–H and O–H groups in total. The quantitative estimate of drug-likeness (QED) is 0.400. The molecule has 1 amide bonds. The van der Waals surface area contributed by atoms with Crippen molar-refractivity contribution in [1.82, 2.24) is 4.90 Å². The van der Waals surface area contributed by atoms with Crippen molar-refractivity contribution in [1.29, 1.82) is 0 Å². The fourth-order valence-electron chi connectivity index (χ4n) is 6.87. The Bertz CT molecular complexity index is 1790. The number of halogens is 1. The molecule has 2 aromatic rings. The predicted molar refractivity (Wildman–Crippen MR) is 156 cm³/mol. The van der Waals surface area contributed by atoms with E-state index < -0.39 is 43.7 Å². The van der Waals surface area contributed by atoms with E-state index in [1.165, 1.54) is 24.3 Å². The van der Waals surface area contributed by atoms with Gasteiger partial charge in [0.2, 0.25) is 10.0 Å². The van der Waals surface area contributed by atoms with Gasteiger partial charge in [0.25, 0.3) is 15.9 Å². The molecule has 1 fully saturated rings. The Labute approximate surface area is 244 Å². The van der Waals surface area contributed by atoms with E-state index in [9.17, 15) is 31.1 Å². The maximum atomic E-state index is 14.0. The summed E-state index contributed by atoms with van der Waals surface area (Å²) >= 11 is 0. The van der Waals surface area contributed by atoms with E-state index in [1.54, 1.807) is 17.0 Å². The highest BCUT2D eigenvalue weighted by molar-refractivity contribution is 7.92. The summed E-state index contributed by atoms with van der Waals surface area (Å²) < 4.78 is 69.7. The van der Waals surface area contributed by atoms with Crippen LogP contribution in [0, 0.1) is 35.4 Å². The number of amides is 1. The molecule has 2 aromatic carbocycles. The molecule has 0 bridgehead atoms. The number of carbonyl (C=O) groups excluding carboxylic acids is 1. The zero-order valence-electron chi connectivity index (χ0n) is 23.2. The van der Waals surface area contributed by atoms with Gasteiger partial charge in [0, 0.05) is 24.2 Å². The second kappa shape index (κ2) is 9.94. The highest BCUT2D eigenvalue weighted by Crippen LogP contribution is 2.60. The van der Waals surface area contributed by atoms with Crippen LogP contribution < -0.4 is 10.0 Å². The smallest absolute Gasteiger partial charge is 0.286 e. The molecular weight excluding hydrogens is 583 g/mol. The molecule has 13 heteroatoms. The molecule has 2 aliphatic carbocycles. The Morgan fingerprint density at radius 3 is 2.57 bits per heavy atom. The summed E-state index contributed by atoms with van der Waals surface area (Å²) in [7, 11) is -8.05. The third-order valence-corrected chi connectivity index (χ3v) is 10.7. The maximum Gasteiger partial charge on any atom is 0.286 e. The molecule has 6 rings (SSSR count). The number of aliphatic hydroxyl groups is 1. The van der Waals surface area contributed by atoms with Crippen LogP contribution in [0.5, 0.6) is 0 Å². The van der Waals surface area contributed by atoms with Crippen molar-refractivity contribution >= 4 is 43.2 Å². The molecule has 0 radical (unpaired) electrons. The molecule has 0 spiro atoms. The molecule has 2 heterocycles. The number of nitrogens with zero attached hydrogens (tertiary/aromatic N) is 2. The van der Waals surface area contributed by atoms with Crippen LogP contribution in [0.25, 0.3) is 0 Å². The predicted octanol–water partition coefficient (Wildman–Crippen LogP) is 4.03. The average molecular weight is 615 g/mol. The molecule has 6 atom stereocenters. The summed E-state index contributed by atoms with van der Waals surface area (Å²) in [5.74, 6) is -0.856. The van der Waals surface area contributed by atoms with Crippen LogP contribution in [0.1, 0.15) is 25.8 Å². The van der Waals surface area contributed by atoms with Crippen LogP contribution in [-0.4, -0.2) is 50.9 Å². The van der Waals surface area contributed by atoms with Crippen LogP contribution in [0.2, 0.25) is 0 Å². The highest BCUT2D eigenvalue weighted by atomic mass is 32.2. The normalized spacial score (nSPS) is 28.5. The van der Waals surface area contributed by atoms with Crippen LogP contribution in [0.4, 0.5) is 15.8 Å². The Morgan fingerprint density at radius 2 is 1.93 bits per heavy atom. The number of amidine groups is 1. The van der Waals surface area contributed by atoms with Gasteiger partial charge in [0.1, 0.15) is 22.0 Å². The first-order chi connectivity index (χ1) is 19.7. The monoisotopic (exact) mass is 614 g/mol. The Balaban J connectivity index is 1.41. The van der Waals surface area contributed by atoms with Gasteiger partial charge in [-0.1, -0.05) is 31.2 Å². The van der Waals surface area contributed by atoms with Gasteiger partial charge < -0.3 is 15.3 Å². The van der Waals surface area contributed by atoms with Crippen LogP contribution in [0.3, 0.4) is 0 Å². The molecule has 0 saturated heterocycles. The lowest BCUT2D eigenvalue weighted by Gasteiger charge is -2.43. The Morgan fingerprint density at radius 1 is 1.21 bits per heavy atom. The van der Waals surface area contributed by atoms with Crippen LogP contribution in [-0.2, 0) is 31.4 Å². The average Bonchev–Trinajstić information content (AvgIpc) is 3.38. The van der Waals surface area contributed by atoms with Crippen molar-refractivity contribution in [3.8, 4) is 0 Å². The van der Waals surface area contributed by atoms with Gasteiger partial charge in [-0.25, -0.2) is 12.8 Å². The lowest BCUT2D eigenvalue weighted by atomic mass is 9.77. The number of hydrogen-bond donors (Lipinski definition) is 3. The molecule has 0 aromatic heterocycles. The van der Waals surface area contributed by atoms with E-state index in [4.69, 9.17) is 0 Å². The van der Waals surface area contributed by atoms with Gasteiger partial charge >= 0.3 is 0 Å². The lowest BCUT2D eigenvalue weighted by Crippen LogP contribution is -2.52. The number of sulfonamides is 2. The second-order valence-corrected chi connectivity index (χ2v) is 14.9. The van der Waals surface area contributed by atoms with Crippen molar-refractivity contribution in [3.05, 3.63) is 77.3 Å². The first kappa shape index (κ1) is 28.4. The van der Waals surface area contributed by atoms with Crippen molar-refractivity contribution < 1.29 is 31.1 Å². The van der Waals surface area contributed by atoms with E-state index in [2.05, 4.69) is 33.5 Å². The maximum absolute atomic E-state index is 14.0. The standard InChI is InChI=1S/C29H31FN4O6S2/c1-15(25-20-5-4-6-21(20)25)24-16(2)34(14-17-7-9-18(30)10-8-17)29(36)26(27(24)35)28-31-22-12-11-19(32-41(3,37)38)13-23(22)42(39,40)33-28/h4-5,7-13,15-16,20-21,24-25,32,35H,6,14H2,1-3H3,(H,31,33)/t15?,16-,20?,21?,24+,25?/m0/s1. The van der Waals surface area contributed by atoms with Crippen molar-refractivity contribution in [2.45, 2.75) is 37.8 Å². The van der Waals surface area contributed by atoms with Gasteiger partial charge in [-0.3, -0.25) is 9.52 Å². The minimum absolute atomic E-state index is 0.0310. The number of allylic oxidation sites excluding steroid dienone is 2. The molecule has 4 aliphatic rings. The van der Waals surface area contributed by atoms with Gasteiger partial charge in [-0.2, -0.15) is 8.42 Å². The topological polar surface area (TPSA) is 145 Å². The SMILES string of the molecule is CC(C1C2C=CCC21)[C@H]1C(O)=C(C2=NS(=O)(=O)c3cc(NS(C)(=O)=O)ccc3N2)C(=O)N(Cc2ccc(F)cc2)[C@H]1C. The number of hydrogen-bond acceptors (Lipinski definition) is 7. The molecule has 2 aliphatic heterocycles. The molecule has 4 unspecified atom stereocenters. The van der Waals surface area contributed by atoms with Crippen LogP contribution >= 0.6 is 0 Å². The van der Waals surface area contributed by atoms with Crippen LogP contribution in [0.15, 0.2) is 75.2 Å². The van der Waals surface area contributed by atoms with Gasteiger partial charge in [0.15, 0.2) is 5.84 Å². The number of fused-ring (bicyclic) bond motifs is 2. The molecule has 10 nitrogen and oxygen atoms in total. The summed E-state index contributed by atoms with van der Waals surface area (Å²) in [6.07, 6.45) is 6.27. The molecular formula is C29H31FN4O6S2. The first-order valence-corrected chi connectivity index (χ1v) is 17.0. The van der Waals surface area contributed by atoms with E-state index in [1.807, 2.05) is 6.92 Å². The second-order valence-electron chi connectivity index (χ2n) is 11.6. The Hall–Kier alpha value is -3.71. The van der Waals surface area contributed by atoms with Gasteiger partial charge in [-0.05, 0) is 72.9 Å². The van der Waals surface area contributed by atoms with Crippen molar-refractivity contribution in [2.75, 3.05) is 16.3 Å². The molecule has 1 saturated carbocycles. The zero-order chi connectivity index (χ0) is 30.1. The number of nitrogens with one attached hydrogen (secondary N) is 2. The summed E-state index contributed by atoms with van der Waals surface area (Å²) in [5, 5.41) is 14.6. The fraction of sp³-hybridized carbons (Fsp3) is 0.379. The minimum atomic E-state index is -4.39. The molecule has 222 valence electrons. The highest BCUT2D eigenvalue weighted by Gasteiger charge is 2.57. The Kier molecular flexibility index (Phi) is 6.72. The number of aliphatic hydroxyl groups excluding tert-OH is 1. The van der Waals surface area contributed by atoms with Crippen molar-refractivity contribution in [2.24, 2.45) is 34.0 Å². The number of anilines is 2. The number of rotatable bonds is 7. The molecule has 42 heavy (non-hydrogen) atoms. The van der Waals surface area contributed by atoms with Gasteiger partial charge in [0.05, 0.1) is 11.9 Å². The van der Waals surface area contributed by atoms with Crippen molar-refractivity contribution in [3.63, 3.8) is 0 Å². The summed E-state index contributed by atoms with van der Waals surface area (Å²) in [4.78, 5) is 15.3. The summed E-state index contributed by atoms with van der Waals surface area (Å²) in [6.45, 7) is 4.03. The summed E-state index contributed by atoms with van der Waals surface area (Å²) in [6, 6.07) is 9.24. The first-order valence-electron chi connectivity index (χ1n) is 13.6. The lowest BCUT2D eigenvalue weighted by molar-refractivity contribution is -0.132. The summed E-state index contributed by atoms with van der Waals surface area (Å²) in [5.41, 5.74) is 0.564. The van der Waals surface area contributed by atoms with E-state index in [0.717, 1.165) is 18.7 Å². The number of benzene rings is 2. The van der Waals surface area contributed by atoms with Gasteiger partial charge in [-0.15, -0.1) is 4.40 Å². The fourth-order valence-corrected chi connectivity index (χ4v) is 8.57.